The molecular formula is C34H54NO3+. The van der Waals surface area contributed by atoms with E-state index in [4.69, 9.17) is 9.47 Å². The smallest absolute Gasteiger partial charge is 0.306 e. The van der Waals surface area contributed by atoms with Crippen molar-refractivity contribution in [2.45, 2.75) is 103 Å². The quantitative estimate of drug-likeness (QED) is 0.0879. The number of carbonyl (C=O) groups excluding carboxylic acids is 1. The zero-order valence-electron chi connectivity index (χ0n) is 24.6. The number of ether oxygens (including phenoxy) is 2. The summed E-state index contributed by atoms with van der Waals surface area (Å²) < 4.78 is 12.1. The standard InChI is InChI=1S/C34H54NO3/c1-4-5-6-7-8-9-10-11-12-13-15-20-31-23-18-24-33(29-31)37-27-28-38-34(36)25-19-26-35(2,3)30-32-21-16-14-17-22-32/h14,16-18,21-24,29H,4-13,15,19-20,25-28,30H2,1-3H3/q+1. The second-order valence-corrected chi connectivity index (χ2v) is 11.4. The predicted molar refractivity (Wildman–Crippen MR) is 159 cm³/mol. The molecule has 0 heterocycles. The lowest BCUT2D eigenvalue weighted by Crippen LogP contribution is -2.39. The molecule has 0 bridgehead atoms. The number of quaternary nitrogens is 1. The lowest BCUT2D eigenvalue weighted by molar-refractivity contribution is -0.903. The van der Waals surface area contributed by atoms with Gasteiger partial charge in [-0.3, -0.25) is 4.79 Å². The van der Waals surface area contributed by atoms with Crippen LogP contribution < -0.4 is 4.74 Å². The van der Waals surface area contributed by atoms with E-state index in [2.05, 4.69) is 63.5 Å². The Kier molecular flexibility index (Phi) is 16.5. The maximum atomic E-state index is 12.2. The molecule has 0 aromatic heterocycles. The van der Waals surface area contributed by atoms with Crippen LogP contribution in [0.3, 0.4) is 0 Å². The Morgan fingerprint density at radius 3 is 2.03 bits per heavy atom. The molecule has 0 saturated carbocycles. The van der Waals surface area contributed by atoms with Gasteiger partial charge >= 0.3 is 5.97 Å². The van der Waals surface area contributed by atoms with Crippen molar-refractivity contribution in [3.05, 3.63) is 65.7 Å². The van der Waals surface area contributed by atoms with Gasteiger partial charge in [0.1, 0.15) is 25.5 Å². The molecule has 0 aliphatic carbocycles. The van der Waals surface area contributed by atoms with Crippen molar-refractivity contribution in [3.8, 4) is 5.75 Å². The van der Waals surface area contributed by atoms with E-state index in [9.17, 15) is 4.79 Å². The predicted octanol–water partition coefficient (Wildman–Crippen LogP) is 8.52. The summed E-state index contributed by atoms with van der Waals surface area (Å²) in [7, 11) is 4.41. The first kappa shape index (κ1) is 31.9. The fraction of sp³-hybridized carbons (Fsp3) is 0.618. The van der Waals surface area contributed by atoms with Crippen LogP contribution in [0.5, 0.6) is 5.75 Å². The van der Waals surface area contributed by atoms with Crippen LogP contribution in [0.25, 0.3) is 0 Å². The summed E-state index contributed by atoms with van der Waals surface area (Å²) >= 11 is 0. The van der Waals surface area contributed by atoms with Crippen molar-refractivity contribution in [3.63, 3.8) is 0 Å². The number of hydrogen-bond donors (Lipinski definition) is 0. The van der Waals surface area contributed by atoms with Crippen LogP contribution in [0.1, 0.15) is 102 Å². The minimum absolute atomic E-state index is 0.140. The Morgan fingerprint density at radius 2 is 1.34 bits per heavy atom. The molecule has 4 heteroatoms. The maximum Gasteiger partial charge on any atom is 0.306 e. The summed E-state index contributed by atoms with van der Waals surface area (Å²) in [6.07, 6.45) is 17.4. The Labute approximate surface area is 233 Å². The summed E-state index contributed by atoms with van der Waals surface area (Å²) in [6, 6.07) is 18.9. The largest absolute Gasteiger partial charge is 0.490 e. The second kappa shape index (κ2) is 19.7. The molecule has 0 spiro atoms. The van der Waals surface area contributed by atoms with Crippen LogP contribution in [0, 0.1) is 0 Å². The number of rotatable bonds is 22. The van der Waals surface area contributed by atoms with E-state index in [0.29, 0.717) is 19.6 Å². The molecule has 212 valence electrons. The zero-order valence-corrected chi connectivity index (χ0v) is 24.6. The van der Waals surface area contributed by atoms with Crippen LogP contribution in [0.15, 0.2) is 54.6 Å². The molecule has 0 N–H and O–H groups in total. The van der Waals surface area contributed by atoms with Gasteiger partial charge in [0, 0.05) is 12.0 Å². The summed E-state index contributed by atoms with van der Waals surface area (Å²) in [4.78, 5) is 12.2. The first-order valence-electron chi connectivity index (χ1n) is 15.2. The maximum absolute atomic E-state index is 12.2. The fourth-order valence-electron chi connectivity index (χ4n) is 4.98. The van der Waals surface area contributed by atoms with E-state index in [-0.39, 0.29) is 5.97 Å². The van der Waals surface area contributed by atoms with Crippen molar-refractivity contribution in [1.29, 1.82) is 0 Å². The zero-order chi connectivity index (χ0) is 27.3. The van der Waals surface area contributed by atoms with E-state index < -0.39 is 0 Å². The third-order valence-corrected chi connectivity index (χ3v) is 7.18. The van der Waals surface area contributed by atoms with Gasteiger partial charge in [0.25, 0.3) is 0 Å². The highest BCUT2D eigenvalue weighted by Gasteiger charge is 2.16. The molecule has 0 atom stereocenters. The SMILES string of the molecule is CCCCCCCCCCCCCc1cccc(OCCOC(=O)CCC[N+](C)(C)Cc2ccccc2)c1. The highest BCUT2D eigenvalue weighted by atomic mass is 16.6. The van der Waals surface area contributed by atoms with Crippen molar-refractivity contribution in [2.24, 2.45) is 0 Å². The summed E-state index contributed by atoms with van der Waals surface area (Å²) in [5.41, 5.74) is 2.65. The number of esters is 1. The van der Waals surface area contributed by atoms with Gasteiger partial charge < -0.3 is 14.0 Å². The average molecular weight is 525 g/mol. The van der Waals surface area contributed by atoms with Gasteiger partial charge in [-0.2, -0.15) is 0 Å². The molecule has 0 fully saturated rings. The number of carbonyl (C=O) groups is 1. The van der Waals surface area contributed by atoms with Gasteiger partial charge in [-0.05, 0) is 30.5 Å². The summed E-state index contributed by atoms with van der Waals surface area (Å²) in [6.45, 7) is 4.86. The molecule has 0 radical (unpaired) electrons. The highest BCUT2D eigenvalue weighted by Crippen LogP contribution is 2.17. The average Bonchev–Trinajstić information content (AvgIpc) is 2.90. The fourth-order valence-corrected chi connectivity index (χ4v) is 4.98. The topological polar surface area (TPSA) is 35.5 Å². The van der Waals surface area contributed by atoms with Gasteiger partial charge in [-0.1, -0.05) is 114 Å². The van der Waals surface area contributed by atoms with Crippen molar-refractivity contribution < 1.29 is 18.8 Å². The van der Waals surface area contributed by atoms with Crippen LogP contribution in [-0.2, 0) is 22.5 Å². The van der Waals surface area contributed by atoms with E-state index in [0.717, 1.165) is 36.2 Å². The highest BCUT2D eigenvalue weighted by molar-refractivity contribution is 5.69. The molecular weight excluding hydrogens is 470 g/mol. The second-order valence-electron chi connectivity index (χ2n) is 11.4. The van der Waals surface area contributed by atoms with Crippen molar-refractivity contribution in [2.75, 3.05) is 33.9 Å². The van der Waals surface area contributed by atoms with Gasteiger partial charge in [-0.15, -0.1) is 0 Å². The molecule has 0 aliphatic rings. The molecule has 0 amide bonds. The summed E-state index contributed by atoms with van der Waals surface area (Å²) in [5, 5.41) is 0. The third-order valence-electron chi connectivity index (χ3n) is 7.18. The Bertz CT molecular complexity index is 865. The Balaban J connectivity index is 1.49. The van der Waals surface area contributed by atoms with Gasteiger partial charge in [0.05, 0.1) is 27.1 Å². The number of aryl methyl sites for hydroxylation is 1. The van der Waals surface area contributed by atoms with Gasteiger partial charge in [0.2, 0.25) is 0 Å². The summed E-state index contributed by atoms with van der Waals surface area (Å²) in [5.74, 6) is 0.722. The van der Waals surface area contributed by atoms with E-state index in [1.165, 1.54) is 81.8 Å². The normalized spacial score (nSPS) is 11.4. The molecule has 2 rings (SSSR count). The van der Waals surface area contributed by atoms with E-state index in [1.54, 1.807) is 0 Å². The minimum atomic E-state index is -0.140. The van der Waals surface area contributed by atoms with Crippen LogP contribution in [0.2, 0.25) is 0 Å². The molecule has 0 saturated heterocycles. The van der Waals surface area contributed by atoms with Crippen LogP contribution in [-0.4, -0.2) is 44.3 Å². The van der Waals surface area contributed by atoms with Crippen molar-refractivity contribution in [1.82, 2.24) is 0 Å². The number of benzene rings is 2. The number of nitrogens with zero attached hydrogens (tertiary/aromatic N) is 1. The van der Waals surface area contributed by atoms with E-state index in [1.807, 2.05) is 12.1 Å². The molecule has 0 unspecified atom stereocenters. The Hall–Kier alpha value is -2.33. The number of hydrogen-bond acceptors (Lipinski definition) is 3. The lowest BCUT2D eigenvalue weighted by atomic mass is 10.0. The van der Waals surface area contributed by atoms with Crippen LogP contribution in [0.4, 0.5) is 0 Å². The van der Waals surface area contributed by atoms with Gasteiger partial charge in [0.15, 0.2) is 0 Å². The third kappa shape index (κ3) is 15.8. The molecule has 4 nitrogen and oxygen atoms in total. The first-order valence-corrected chi connectivity index (χ1v) is 15.2. The molecule has 2 aromatic rings. The molecule has 38 heavy (non-hydrogen) atoms. The molecule has 2 aromatic carbocycles. The molecule has 0 aliphatic heterocycles. The van der Waals surface area contributed by atoms with Crippen molar-refractivity contribution >= 4 is 5.97 Å². The van der Waals surface area contributed by atoms with Crippen LogP contribution >= 0.6 is 0 Å². The lowest BCUT2D eigenvalue weighted by Gasteiger charge is -2.29. The minimum Gasteiger partial charge on any atom is -0.490 e. The number of unbranched alkanes of at least 4 members (excludes halogenated alkanes) is 10. The monoisotopic (exact) mass is 524 g/mol. The van der Waals surface area contributed by atoms with Gasteiger partial charge in [-0.25, -0.2) is 0 Å². The first-order chi connectivity index (χ1) is 18.5. The van der Waals surface area contributed by atoms with E-state index >= 15 is 0 Å². The Morgan fingerprint density at radius 1 is 0.711 bits per heavy atom.